The van der Waals surface area contributed by atoms with E-state index in [2.05, 4.69) is 18.2 Å². The van der Waals surface area contributed by atoms with Gasteiger partial charge in [0.25, 0.3) is 0 Å². The minimum Gasteiger partial charge on any atom is -0.337 e. The third-order valence-corrected chi connectivity index (χ3v) is 3.64. The second kappa shape index (κ2) is 5.93. The van der Waals surface area contributed by atoms with Crippen LogP contribution in [0, 0.1) is 5.41 Å². The first-order valence-electron chi connectivity index (χ1n) is 6.51. The zero-order valence-electron chi connectivity index (χ0n) is 11.8. The van der Waals surface area contributed by atoms with Gasteiger partial charge in [-0.3, -0.25) is 4.79 Å². The van der Waals surface area contributed by atoms with Gasteiger partial charge < -0.3 is 10.6 Å². The van der Waals surface area contributed by atoms with Crippen LogP contribution in [0.4, 0.5) is 0 Å². The Morgan fingerprint density at radius 3 is 2.42 bits per heavy atom. The van der Waals surface area contributed by atoms with E-state index in [0.717, 1.165) is 13.0 Å². The van der Waals surface area contributed by atoms with Gasteiger partial charge in [0.05, 0.1) is 6.04 Å². The highest BCUT2D eigenvalue weighted by Crippen LogP contribution is 2.23. The Bertz CT molecular complexity index is 454. The molecular weight excluding hydrogens is 260 g/mol. The maximum atomic E-state index is 12.4. The highest BCUT2D eigenvalue weighted by Gasteiger charge is 2.32. The van der Waals surface area contributed by atoms with Crippen molar-refractivity contribution in [3.05, 3.63) is 35.4 Å². The molecule has 2 rings (SSSR count). The Labute approximate surface area is 121 Å². The monoisotopic (exact) mass is 282 g/mol. The average molecular weight is 283 g/mol. The van der Waals surface area contributed by atoms with Gasteiger partial charge in [0, 0.05) is 13.1 Å². The summed E-state index contributed by atoms with van der Waals surface area (Å²) in [5, 5.41) is 0. The standard InChI is InChI=1S/C15H22N2O.ClH/c1-15(2,3)13(16)14(18)17-9-8-11-6-4-5-7-12(11)10-17;/h4-7,13H,8-10,16H2,1-3H3;1H. The molecular formula is C15H23ClN2O. The van der Waals surface area contributed by atoms with Gasteiger partial charge in [0.1, 0.15) is 0 Å². The van der Waals surface area contributed by atoms with Crippen molar-refractivity contribution >= 4 is 18.3 Å². The molecule has 0 aromatic heterocycles. The summed E-state index contributed by atoms with van der Waals surface area (Å²) in [5.41, 5.74) is 8.47. The van der Waals surface area contributed by atoms with Crippen LogP contribution in [0.2, 0.25) is 0 Å². The zero-order chi connectivity index (χ0) is 13.3. The number of nitrogens with zero attached hydrogens (tertiary/aromatic N) is 1. The fraction of sp³-hybridized carbons (Fsp3) is 0.533. The zero-order valence-corrected chi connectivity index (χ0v) is 12.7. The fourth-order valence-corrected chi connectivity index (χ4v) is 2.25. The van der Waals surface area contributed by atoms with Crippen LogP contribution in [0.3, 0.4) is 0 Å². The molecule has 1 aromatic carbocycles. The molecule has 1 heterocycles. The van der Waals surface area contributed by atoms with E-state index in [9.17, 15) is 4.79 Å². The molecule has 1 aliphatic rings. The Kier molecular flexibility index (Phi) is 4.99. The maximum Gasteiger partial charge on any atom is 0.240 e. The largest absolute Gasteiger partial charge is 0.337 e. The molecule has 4 heteroatoms. The van der Waals surface area contributed by atoms with E-state index < -0.39 is 6.04 Å². The number of amides is 1. The number of rotatable bonds is 1. The average Bonchev–Trinajstić information content (AvgIpc) is 2.35. The fourth-order valence-electron chi connectivity index (χ4n) is 2.25. The lowest BCUT2D eigenvalue weighted by Gasteiger charge is -2.34. The van der Waals surface area contributed by atoms with Crippen LogP contribution in [-0.2, 0) is 17.8 Å². The van der Waals surface area contributed by atoms with E-state index in [1.54, 1.807) is 0 Å². The van der Waals surface area contributed by atoms with Gasteiger partial charge in [-0.15, -0.1) is 12.4 Å². The molecule has 0 fully saturated rings. The first-order valence-corrected chi connectivity index (χ1v) is 6.51. The molecule has 0 aliphatic carbocycles. The van der Waals surface area contributed by atoms with Crippen LogP contribution in [0.25, 0.3) is 0 Å². The Balaban J connectivity index is 0.00000180. The van der Waals surface area contributed by atoms with Gasteiger partial charge in [-0.25, -0.2) is 0 Å². The van der Waals surface area contributed by atoms with Gasteiger partial charge in [0.15, 0.2) is 0 Å². The van der Waals surface area contributed by atoms with Crippen LogP contribution in [-0.4, -0.2) is 23.4 Å². The number of halogens is 1. The summed E-state index contributed by atoms with van der Waals surface area (Å²) in [6, 6.07) is 7.88. The summed E-state index contributed by atoms with van der Waals surface area (Å²) in [6.07, 6.45) is 0.929. The molecule has 0 saturated heterocycles. The smallest absolute Gasteiger partial charge is 0.240 e. The summed E-state index contributed by atoms with van der Waals surface area (Å²) >= 11 is 0. The number of benzene rings is 1. The molecule has 1 aliphatic heterocycles. The van der Waals surface area contributed by atoms with Crippen molar-refractivity contribution in [1.82, 2.24) is 4.90 Å². The Morgan fingerprint density at radius 1 is 1.26 bits per heavy atom. The Hall–Kier alpha value is -1.06. The third-order valence-electron chi connectivity index (χ3n) is 3.64. The molecule has 1 unspecified atom stereocenters. The second-order valence-corrected chi connectivity index (χ2v) is 6.12. The molecule has 0 radical (unpaired) electrons. The summed E-state index contributed by atoms with van der Waals surface area (Å²) in [6.45, 7) is 7.49. The molecule has 106 valence electrons. The Morgan fingerprint density at radius 2 is 1.84 bits per heavy atom. The predicted octanol–water partition coefficient (Wildman–Crippen LogP) is 2.37. The first-order chi connectivity index (χ1) is 8.39. The lowest BCUT2D eigenvalue weighted by Crippen LogP contribution is -2.51. The molecule has 2 N–H and O–H groups in total. The maximum absolute atomic E-state index is 12.4. The number of carbonyl (C=O) groups is 1. The first kappa shape index (κ1) is 16.0. The van der Waals surface area contributed by atoms with Gasteiger partial charge in [-0.1, -0.05) is 45.0 Å². The quantitative estimate of drug-likeness (QED) is 0.860. The minimum absolute atomic E-state index is 0. The van der Waals surface area contributed by atoms with Crippen LogP contribution < -0.4 is 5.73 Å². The summed E-state index contributed by atoms with van der Waals surface area (Å²) in [4.78, 5) is 14.2. The van der Waals surface area contributed by atoms with Gasteiger partial charge >= 0.3 is 0 Å². The lowest BCUT2D eigenvalue weighted by molar-refractivity contribution is -0.135. The van der Waals surface area contributed by atoms with E-state index >= 15 is 0 Å². The van der Waals surface area contributed by atoms with Crippen molar-refractivity contribution in [2.45, 2.75) is 39.8 Å². The van der Waals surface area contributed by atoms with Crippen molar-refractivity contribution < 1.29 is 4.79 Å². The van der Waals surface area contributed by atoms with Crippen LogP contribution in [0.15, 0.2) is 24.3 Å². The van der Waals surface area contributed by atoms with E-state index in [4.69, 9.17) is 5.73 Å². The van der Waals surface area contributed by atoms with E-state index in [-0.39, 0.29) is 23.7 Å². The highest BCUT2D eigenvalue weighted by molar-refractivity contribution is 5.85. The van der Waals surface area contributed by atoms with Gasteiger partial charge in [0.2, 0.25) is 5.91 Å². The van der Waals surface area contributed by atoms with Crippen molar-refractivity contribution in [3.8, 4) is 0 Å². The van der Waals surface area contributed by atoms with Crippen molar-refractivity contribution in [1.29, 1.82) is 0 Å². The van der Waals surface area contributed by atoms with E-state index in [1.807, 2.05) is 31.7 Å². The number of hydrogen-bond donors (Lipinski definition) is 1. The van der Waals surface area contributed by atoms with Gasteiger partial charge in [-0.05, 0) is 23.0 Å². The molecule has 0 saturated carbocycles. The topological polar surface area (TPSA) is 46.3 Å². The molecule has 1 atom stereocenters. The van der Waals surface area contributed by atoms with Gasteiger partial charge in [-0.2, -0.15) is 0 Å². The van der Waals surface area contributed by atoms with E-state index in [1.165, 1.54) is 11.1 Å². The van der Waals surface area contributed by atoms with Crippen LogP contribution in [0.5, 0.6) is 0 Å². The summed E-state index contributed by atoms with van der Waals surface area (Å²) < 4.78 is 0. The molecule has 0 spiro atoms. The summed E-state index contributed by atoms with van der Waals surface area (Å²) in [7, 11) is 0. The number of nitrogens with two attached hydrogens (primary N) is 1. The normalized spacial score (nSPS) is 16.3. The minimum atomic E-state index is -0.428. The summed E-state index contributed by atoms with van der Waals surface area (Å²) in [5.74, 6) is 0.0667. The third kappa shape index (κ3) is 3.48. The molecule has 3 nitrogen and oxygen atoms in total. The van der Waals surface area contributed by atoms with Crippen molar-refractivity contribution in [2.75, 3.05) is 6.54 Å². The van der Waals surface area contributed by atoms with Crippen LogP contribution >= 0.6 is 12.4 Å². The SMILES string of the molecule is CC(C)(C)C(N)C(=O)N1CCc2ccccc2C1.Cl. The molecule has 19 heavy (non-hydrogen) atoms. The number of carbonyl (C=O) groups excluding carboxylic acids is 1. The number of hydrogen-bond acceptors (Lipinski definition) is 2. The molecule has 0 bridgehead atoms. The molecule has 1 amide bonds. The predicted molar refractivity (Wildman–Crippen MR) is 80.2 cm³/mol. The second-order valence-electron chi connectivity index (χ2n) is 6.12. The van der Waals surface area contributed by atoms with Crippen molar-refractivity contribution in [3.63, 3.8) is 0 Å². The lowest BCUT2D eigenvalue weighted by atomic mass is 9.86. The molecule has 1 aromatic rings. The van der Waals surface area contributed by atoms with Crippen molar-refractivity contribution in [2.24, 2.45) is 11.1 Å². The number of fused-ring (bicyclic) bond motifs is 1. The van der Waals surface area contributed by atoms with Crippen LogP contribution in [0.1, 0.15) is 31.9 Å². The highest BCUT2D eigenvalue weighted by atomic mass is 35.5. The van der Waals surface area contributed by atoms with E-state index in [0.29, 0.717) is 6.54 Å².